The molecule has 0 amide bonds. The number of hydrogen-bond acceptors (Lipinski definition) is 4. The van der Waals surface area contributed by atoms with Gasteiger partial charge in [-0.05, 0) is 42.3 Å². The fraction of sp³-hybridized carbons (Fsp3) is 0.333. The molecule has 2 unspecified atom stereocenters. The van der Waals surface area contributed by atoms with E-state index < -0.39 is 6.10 Å². The van der Waals surface area contributed by atoms with Gasteiger partial charge in [-0.1, -0.05) is 24.3 Å². The first-order valence-corrected chi connectivity index (χ1v) is 8.64. The normalized spacial score (nSPS) is 19.6. The van der Waals surface area contributed by atoms with E-state index in [9.17, 15) is 10.2 Å². The molecule has 2 aromatic rings. The van der Waals surface area contributed by atoms with Gasteiger partial charge in [0, 0.05) is 44.6 Å². The number of rotatable bonds is 5. The molecular weight excluding hydrogens is 312 g/mol. The molecule has 0 saturated heterocycles. The smallest absolute Gasteiger partial charge is 0.109 e. The maximum atomic E-state index is 10.6. The number of aliphatic hydroxyl groups excluding tert-OH is 2. The summed E-state index contributed by atoms with van der Waals surface area (Å²) >= 11 is 0. The second-order valence-corrected chi connectivity index (χ2v) is 6.77. The van der Waals surface area contributed by atoms with Crippen LogP contribution in [0, 0.1) is 0 Å². The third-order valence-corrected chi connectivity index (χ3v) is 5.04. The van der Waals surface area contributed by atoms with Crippen molar-refractivity contribution in [2.24, 2.45) is 0 Å². The lowest BCUT2D eigenvalue weighted by Crippen LogP contribution is -2.33. The molecule has 0 bridgehead atoms. The number of hydrogen-bond donors (Lipinski definition) is 2. The van der Waals surface area contributed by atoms with E-state index >= 15 is 0 Å². The van der Waals surface area contributed by atoms with Crippen molar-refractivity contribution < 1.29 is 10.2 Å². The van der Waals surface area contributed by atoms with Crippen LogP contribution in [0.15, 0.2) is 54.3 Å². The average molecular weight is 338 g/mol. The fourth-order valence-electron chi connectivity index (χ4n) is 3.26. The largest absolute Gasteiger partial charge is 0.511 e. The lowest BCUT2D eigenvalue weighted by Gasteiger charge is -2.36. The summed E-state index contributed by atoms with van der Waals surface area (Å²) in [5.41, 5.74) is 4.65. The Labute approximate surface area is 149 Å². The molecule has 0 aromatic heterocycles. The summed E-state index contributed by atoms with van der Waals surface area (Å²) in [7, 11) is 6.01. The number of nitrogens with zero attached hydrogens (tertiary/aromatic N) is 2. The summed E-state index contributed by atoms with van der Waals surface area (Å²) < 4.78 is 0. The molecule has 2 aromatic carbocycles. The summed E-state index contributed by atoms with van der Waals surface area (Å²) in [4.78, 5) is 4.17. The molecule has 25 heavy (non-hydrogen) atoms. The van der Waals surface area contributed by atoms with Crippen LogP contribution in [0.5, 0.6) is 0 Å². The zero-order chi connectivity index (χ0) is 18.1. The Morgan fingerprint density at radius 1 is 0.880 bits per heavy atom. The van der Waals surface area contributed by atoms with Gasteiger partial charge in [0.1, 0.15) is 5.76 Å². The minimum absolute atomic E-state index is 0.265. The van der Waals surface area contributed by atoms with Crippen LogP contribution in [0.25, 0.3) is 5.57 Å². The maximum Gasteiger partial charge on any atom is 0.109 e. The molecule has 0 fully saturated rings. The van der Waals surface area contributed by atoms with Crippen molar-refractivity contribution in [3.8, 4) is 0 Å². The van der Waals surface area contributed by atoms with Crippen molar-refractivity contribution in [3.63, 3.8) is 0 Å². The van der Waals surface area contributed by atoms with Gasteiger partial charge in [0.15, 0.2) is 0 Å². The molecule has 4 nitrogen and oxygen atoms in total. The van der Waals surface area contributed by atoms with E-state index in [1.165, 1.54) is 0 Å². The molecule has 3 rings (SSSR count). The van der Waals surface area contributed by atoms with Gasteiger partial charge in [-0.25, -0.2) is 0 Å². The van der Waals surface area contributed by atoms with E-state index in [-0.39, 0.29) is 11.7 Å². The summed E-state index contributed by atoms with van der Waals surface area (Å²) in [6.07, 6.45) is -0.681. The van der Waals surface area contributed by atoms with Gasteiger partial charge in [0.25, 0.3) is 0 Å². The average Bonchev–Trinajstić information content (AvgIpc) is 2.62. The highest BCUT2D eigenvalue weighted by Gasteiger charge is 2.41. The van der Waals surface area contributed by atoms with E-state index in [1.807, 2.05) is 74.6 Å². The van der Waals surface area contributed by atoms with Crippen LogP contribution in [0.4, 0.5) is 11.4 Å². The Kier molecular flexibility index (Phi) is 4.73. The van der Waals surface area contributed by atoms with Gasteiger partial charge < -0.3 is 20.0 Å². The predicted octanol–water partition coefficient (Wildman–Crippen LogP) is 3.64. The van der Waals surface area contributed by atoms with Crippen LogP contribution in [-0.4, -0.2) is 44.0 Å². The van der Waals surface area contributed by atoms with E-state index in [0.29, 0.717) is 5.57 Å². The molecule has 1 aliphatic rings. The summed E-state index contributed by atoms with van der Waals surface area (Å²) in [5.74, 6) is -0.0776. The van der Waals surface area contributed by atoms with E-state index in [4.69, 9.17) is 0 Å². The Morgan fingerprint density at radius 3 is 1.92 bits per heavy atom. The Morgan fingerprint density at radius 2 is 1.44 bits per heavy atom. The minimum atomic E-state index is -0.681. The Balaban J connectivity index is 1.84. The molecule has 132 valence electrons. The summed E-state index contributed by atoms with van der Waals surface area (Å²) in [6, 6.07) is 15.9. The van der Waals surface area contributed by atoms with Crippen LogP contribution >= 0.6 is 0 Å². The van der Waals surface area contributed by atoms with Crippen LogP contribution in [0.1, 0.15) is 24.0 Å². The van der Waals surface area contributed by atoms with Crippen molar-refractivity contribution in [2.45, 2.75) is 18.9 Å². The van der Waals surface area contributed by atoms with Crippen LogP contribution in [-0.2, 0) is 0 Å². The molecule has 1 aliphatic carbocycles. The van der Waals surface area contributed by atoms with Crippen molar-refractivity contribution >= 4 is 16.9 Å². The number of anilines is 2. The number of benzene rings is 2. The quantitative estimate of drug-likeness (QED) is 0.874. The topological polar surface area (TPSA) is 46.9 Å². The van der Waals surface area contributed by atoms with Crippen molar-refractivity contribution in [3.05, 3.63) is 65.4 Å². The molecule has 0 heterocycles. The zero-order valence-electron chi connectivity index (χ0n) is 15.3. The van der Waals surface area contributed by atoms with Gasteiger partial charge in [-0.15, -0.1) is 0 Å². The maximum absolute atomic E-state index is 10.6. The van der Waals surface area contributed by atoms with Crippen molar-refractivity contribution in [1.82, 2.24) is 0 Å². The first-order valence-electron chi connectivity index (χ1n) is 8.64. The number of aliphatic hydroxyl groups is 2. The molecule has 0 aliphatic heterocycles. The van der Waals surface area contributed by atoms with E-state index in [2.05, 4.69) is 11.8 Å². The van der Waals surface area contributed by atoms with E-state index in [1.54, 1.807) is 0 Å². The highest BCUT2D eigenvalue weighted by atomic mass is 16.3. The van der Waals surface area contributed by atoms with Crippen molar-refractivity contribution in [2.75, 3.05) is 37.5 Å². The molecular formula is C21H26N2O2. The van der Waals surface area contributed by atoms with E-state index in [0.717, 1.165) is 29.0 Å². The standard InChI is InChI=1S/C21H26N2O2/c1-5-23(4)17-12-8-15(9-13-17)19-20(24)18(21(19)25)14-6-10-16(11-7-14)22(2)3/h6-13,19-20,24-25H,5H2,1-4H3. The Hall–Kier alpha value is -2.46. The molecule has 0 saturated carbocycles. The molecule has 2 atom stereocenters. The third kappa shape index (κ3) is 3.10. The monoisotopic (exact) mass is 338 g/mol. The lowest BCUT2D eigenvalue weighted by atomic mass is 9.73. The zero-order valence-corrected chi connectivity index (χ0v) is 15.3. The van der Waals surface area contributed by atoms with Gasteiger partial charge in [0.2, 0.25) is 0 Å². The molecule has 2 N–H and O–H groups in total. The van der Waals surface area contributed by atoms with Crippen LogP contribution < -0.4 is 9.80 Å². The molecule has 4 heteroatoms. The summed E-state index contributed by atoms with van der Waals surface area (Å²) in [5, 5.41) is 21.2. The second-order valence-electron chi connectivity index (χ2n) is 6.77. The first kappa shape index (κ1) is 17.4. The second kappa shape index (κ2) is 6.81. The van der Waals surface area contributed by atoms with Gasteiger partial charge in [0.05, 0.1) is 12.0 Å². The minimum Gasteiger partial charge on any atom is -0.511 e. The lowest BCUT2D eigenvalue weighted by molar-refractivity contribution is 0.153. The highest BCUT2D eigenvalue weighted by molar-refractivity contribution is 5.80. The summed E-state index contributed by atoms with van der Waals surface area (Å²) in [6.45, 7) is 3.04. The van der Waals surface area contributed by atoms with Crippen LogP contribution in [0.2, 0.25) is 0 Å². The third-order valence-electron chi connectivity index (χ3n) is 5.04. The van der Waals surface area contributed by atoms with Crippen LogP contribution in [0.3, 0.4) is 0 Å². The predicted molar refractivity (Wildman–Crippen MR) is 104 cm³/mol. The SMILES string of the molecule is CCN(C)c1ccc(C2C(O)=C(c3ccc(N(C)C)cc3)C2O)cc1. The Bertz CT molecular complexity index is 763. The highest BCUT2D eigenvalue weighted by Crippen LogP contribution is 2.46. The van der Waals surface area contributed by atoms with Crippen molar-refractivity contribution in [1.29, 1.82) is 0 Å². The first-order chi connectivity index (χ1) is 11.9. The van der Waals surface area contributed by atoms with Gasteiger partial charge >= 0.3 is 0 Å². The van der Waals surface area contributed by atoms with Gasteiger partial charge in [-0.2, -0.15) is 0 Å². The molecule has 0 radical (unpaired) electrons. The fourth-order valence-corrected chi connectivity index (χ4v) is 3.26. The van der Waals surface area contributed by atoms with Gasteiger partial charge in [-0.3, -0.25) is 0 Å². The molecule has 0 spiro atoms.